The maximum Gasteiger partial charge on any atom is 0.161 e. The molecule has 3 rings (SSSR count). The molecule has 1 heterocycles. The second-order valence-corrected chi connectivity index (χ2v) is 5.08. The molecule has 112 valence electrons. The predicted octanol–water partition coefficient (Wildman–Crippen LogP) is 3.97. The molecule has 0 saturated carbocycles. The Bertz CT molecular complexity index is 734. The van der Waals surface area contributed by atoms with Crippen molar-refractivity contribution in [3.05, 3.63) is 66.0 Å². The van der Waals surface area contributed by atoms with Crippen molar-refractivity contribution in [3.63, 3.8) is 0 Å². The van der Waals surface area contributed by atoms with Crippen molar-refractivity contribution in [2.75, 3.05) is 7.11 Å². The summed E-state index contributed by atoms with van der Waals surface area (Å²) >= 11 is 0. The van der Waals surface area contributed by atoms with Crippen LogP contribution in [0.4, 0.5) is 0 Å². The molecule has 0 unspecified atom stereocenters. The van der Waals surface area contributed by atoms with E-state index in [1.165, 1.54) is 5.56 Å². The molecular formula is C18H18N2O2. The average Bonchev–Trinajstić information content (AvgIpc) is 3.08. The van der Waals surface area contributed by atoms with Gasteiger partial charge in [0.1, 0.15) is 12.4 Å². The molecule has 0 aliphatic heterocycles. The lowest BCUT2D eigenvalue weighted by Gasteiger charge is -2.12. The largest absolute Gasteiger partial charge is 0.493 e. The van der Waals surface area contributed by atoms with E-state index in [4.69, 9.17) is 9.47 Å². The van der Waals surface area contributed by atoms with Gasteiger partial charge in [-0.05, 0) is 30.7 Å². The Kier molecular flexibility index (Phi) is 4.10. The third kappa shape index (κ3) is 3.11. The predicted molar refractivity (Wildman–Crippen MR) is 86.1 cm³/mol. The van der Waals surface area contributed by atoms with Crippen LogP contribution < -0.4 is 9.47 Å². The standard InChI is InChI=1S/C18H18N2O2/c1-13-3-5-14(6-4-13)12-22-16-8-7-15(11-17(16)21-2)18-19-9-10-20-18/h3-11H,12H2,1-2H3,(H,19,20). The van der Waals surface area contributed by atoms with Crippen LogP contribution in [0.1, 0.15) is 11.1 Å². The van der Waals surface area contributed by atoms with E-state index in [2.05, 4.69) is 41.2 Å². The Morgan fingerprint density at radius 3 is 2.55 bits per heavy atom. The van der Waals surface area contributed by atoms with Gasteiger partial charge in [-0.25, -0.2) is 4.98 Å². The van der Waals surface area contributed by atoms with Crippen molar-refractivity contribution in [2.24, 2.45) is 0 Å². The van der Waals surface area contributed by atoms with E-state index in [0.29, 0.717) is 12.4 Å². The quantitative estimate of drug-likeness (QED) is 0.774. The molecule has 22 heavy (non-hydrogen) atoms. The molecule has 1 aromatic heterocycles. The molecule has 0 aliphatic rings. The first kappa shape index (κ1) is 14.2. The number of rotatable bonds is 5. The highest BCUT2D eigenvalue weighted by Crippen LogP contribution is 2.31. The van der Waals surface area contributed by atoms with Crippen molar-refractivity contribution < 1.29 is 9.47 Å². The molecule has 4 heteroatoms. The summed E-state index contributed by atoms with van der Waals surface area (Å²) in [5.41, 5.74) is 3.33. The van der Waals surface area contributed by atoms with Gasteiger partial charge in [0.2, 0.25) is 0 Å². The van der Waals surface area contributed by atoms with Crippen LogP contribution in [-0.4, -0.2) is 17.1 Å². The molecule has 0 aliphatic carbocycles. The van der Waals surface area contributed by atoms with Gasteiger partial charge in [0.25, 0.3) is 0 Å². The number of nitrogens with one attached hydrogen (secondary N) is 1. The van der Waals surface area contributed by atoms with Crippen molar-refractivity contribution >= 4 is 0 Å². The molecule has 0 bridgehead atoms. The minimum absolute atomic E-state index is 0.511. The van der Waals surface area contributed by atoms with Crippen molar-refractivity contribution in [2.45, 2.75) is 13.5 Å². The topological polar surface area (TPSA) is 47.1 Å². The number of ether oxygens (including phenoxy) is 2. The Labute approximate surface area is 129 Å². The number of hydrogen-bond acceptors (Lipinski definition) is 3. The summed E-state index contributed by atoms with van der Waals surface area (Å²) in [6.45, 7) is 2.58. The summed E-state index contributed by atoms with van der Waals surface area (Å²) in [5.74, 6) is 2.22. The molecule has 0 fully saturated rings. The molecule has 0 saturated heterocycles. The fourth-order valence-electron chi connectivity index (χ4n) is 2.20. The van der Waals surface area contributed by atoms with Crippen molar-refractivity contribution in [1.29, 1.82) is 0 Å². The van der Waals surface area contributed by atoms with Crippen LogP contribution in [-0.2, 0) is 6.61 Å². The van der Waals surface area contributed by atoms with E-state index in [1.54, 1.807) is 19.5 Å². The second-order valence-electron chi connectivity index (χ2n) is 5.08. The molecule has 2 aromatic carbocycles. The first-order valence-electron chi connectivity index (χ1n) is 7.12. The van der Waals surface area contributed by atoms with Gasteiger partial charge < -0.3 is 14.5 Å². The first-order chi connectivity index (χ1) is 10.8. The van der Waals surface area contributed by atoms with Crippen LogP contribution in [0.3, 0.4) is 0 Å². The fraction of sp³-hybridized carbons (Fsp3) is 0.167. The van der Waals surface area contributed by atoms with Crippen LogP contribution >= 0.6 is 0 Å². The fourth-order valence-corrected chi connectivity index (χ4v) is 2.20. The summed E-state index contributed by atoms with van der Waals surface area (Å²) in [6.07, 6.45) is 3.52. The Morgan fingerprint density at radius 2 is 1.86 bits per heavy atom. The lowest BCUT2D eigenvalue weighted by Crippen LogP contribution is -1.98. The summed E-state index contributed by atoms with van der Waals surface area (Å²) in [7, 11) is 1.64. The van der Waals surface area contributed by atoms with E-state index in [9.17, 15) is 0 Å². The number of aryl methyl sites for hydroxylation is 1. The van der Waals surface area contributed by atoms with Gasteiger partial charge in [0, 0.05) is 18.0 Å². The SMILES string of the molecule is COc1cc(-c2ncc[nH]2)ccc1OCc1ccc(C)cc1. The third-order valence-corrected chi connectivity index (χ3v) is 3.45. The lowest BCUT2D eigenvalue weighted by atomic mass is 10.1. The number of nitrogens with zero attached hydrogens (tertiary/aromatic N) is 1. The molecular weight excluding hydrogens is 276 g/mol. The Balaban J connectivity index is 1.77. The molecule has 3 aromatic rings. The maximum absolute atomic E-state index is 5.87. The van der Waals surface area contributed by atoms with E-state index in [-0.39, 0.29) is 0 Å². The lowest BCUT2D eigenvalue weighted by molar-refractivity contribution is 0.284. The van der Waals surface area contributed by atoms with Crippen molar-refractivity contribution in [1.82, 2.24) is 9.97 Å². The zero-order valence-corrected chi connectivity index (χ0v) is 12.7. The van der Waals surface area contributed by atoms with Gasteiger partial charge in [-0.15, -0.1) is 0 Å². The van der Waals surface area contributed by atoms with Gasteiger partial charge in [-0.3, -0.25) is 0 Å². The number of H-pyrrole nitrogens is 1. The summed E-state index contributed by atoms with van der Waals surface area (Å²) in [5, 5.41) is 0. The minimum Gasteiger partial charge on any atom is -0.493 e. The molecule has 0 radical (unpaired) electrons. The van der Waals surface area contributed by atoms with Crippen LogP contribution in [0.2, 0.25) is 0 Å². The summed E-state index contributed by atoms with van der Waals surface area (Å²) in [4.78, 5) is 7.32. The van der Waals surface area contributed by atoms with Crippen LogP contribution in [0, 0.1) is 6.92 Å². The number of hydrogen-bond donors (Lipinski definition) is 1. The molecule has 1 N–H and O–H groups in total. The molecule has 0 atom stereocenters. The average molecular weight is 294 g/mol. The van der Waals surface area contributed by atoms with Crippen LogP contribution in [0.25, 0.3) is 11.4 Å². The van der Waals surface area contributed by atoms with Gasteiger partial charge in [0.15, 0.2) is 11.5 Å². The summed E-state index contributed by atoms with van der Waals surface area (Å²) < 4.78 is 11.3. The zero-order chi connectivity index (χ0) is 15.4. The van der Waals surface area contributed by atoms with E-state index < -0.39 is 0 Å². The number of aromatic nitrogens is 2. The van der Waals surface area contributed by atoms with E-state index in [0.717, 1.165) is 22.7 Å². The highest BCUT2D eigenvalue weighted by molar-refractivity contribution is 5.61. The molecule has 0 amide bonds. The smallest absolute Gasteiger partial charge is 0.161 e. The highest BCUT2D eigenvalue weighted by Gasteiger charge is 2.08. The molecule has 4 nitrogen and oxygen atoms in total. The Hall–Kier alpha value is -2.75. The Morgan fingerprint density at radius 1 is 1.05 bits per heavy atom. The highest BCUT2D eigenvalue weighted by atomic mass is 16.5. The summed E-state index contributed by atoms with van der Waals surface area (Å²) in [6, 6.07) is 14.1. The third-order valence-electron chi connectivity index (χ3n) is 3.45. The van der Waals surface area contributed by atoms with Gasteiger partial charge in [0.05, 0.1) is 7.11 Å². The number of benzene rings is 2. The zero-order valence-electron chi connectivity index (χ0n) is 12.7. The van der Waals surface area contributed by atoms with Crippen molar-refractivity contribution in [3.8, 4) is 22.9 Å². The first-order valence-corrected chi connectivity index (χ1v) is 7.12. The molecule has 0 spiro atoms. The number of methoxy groups -OCH3 is 1. The van der Waals surface area contributed by atoms with Crippen LogP contribution in [0.15, 0.2) is 54.9 Å². The van der Waals surface area contributed by atoms with Gasteiger partial charge >= 0.3 is 0 Å². The van der Waals surface area contributed by atoms with E-state index >= 15 is 0 Å². The number of aromatic amines is 1. The van der Waals surface area contributed by atoms with Gasteiger partial charge in [-0.2, -0.15) is 0 Å². The van der Waals surface area contributed by atoms with E-state index in [1.807, 2.05) is 18.2 Å². The minimum atomic E-state index is 0.511. The maximum atomic E-state index is 5.87. The second kappa shape index (κ2) is 6.35. The number of imidazole rings is 1. The normalized spacial score (nSPS) is 10.5. The monoisotopic (exact) mass is 294 g/mol. The van der Waals surface area contributed by atoms with Gasteiger partial charge in [-0.1, -0.05) is 29.8 Å². The van der Waals surface area contributed by atoms with Crippen LogP contribution in [0.5, 0.6) is 11.5 Å².